The van der Waals surface area contributed by atoms with Crippen LogP contribution in [-0.2, 0) is 4.79 Å². The molecule has 2 aromatic rings. The first-order valence-electron chi connectivity index (χ1n) is 6.79. The normalized spacial score (nSPS) is 11.1. The fraction of sp³-hybridized carbons (Fsp3) is 0.167. The molecule has 0 spiro atoms. The van der Waals surface area contributed by atoms with E-state index in [0.717, 1.165) is 11.1 Å². The second-order valence-electron chi connectivity index (χ2n) is 4.84. The maximum atomic E-state index is 11.5. The molecule has 0 aliphatic heterocycles. The Kier molecular flexibility index (Phi) is 4.84. The Labute approximate surface area is 129 Å². The zero-order valence-electron chi connectivity index (χ0n) is 12.8. The van der Waals surface area contributed by atoms with Gasteiger partial charge in [-0.25, -0.2) is 4.79 Å². The smallest absolute Gasteiger partial charge is 0.336 e. The molecule has 4 nitrogen and oxygen atoms in total. The molecule has 0 aromatic heterocycles. The molecule has 2 aromatic carbocycles. The number of carboxylic acids is 1. The Bertz CT molecular complexity index is 700. The average Bonchev–Trinajstić information content (AvgIpc) is 2.53. The van der Waals surface area contributed by atoms with Crippen LogP contribution in [0.4, 0.5) is 0 Å². The van der Waals surface area contributed by atoms with Crippen LogP contribution in [0.3, 0.4) is 0 Å². The molecule has 0 radical (unpaired) electrons. The van der Waals surface area contributed by atoms with Gasteiger partial charge in [-0.3, -0.25) is 0 Å². The molecule has 0 bridgehead atoms. The van der Waals surface area contributed by atoms with Gasteiger partial charge in [0.2, 0.25) is 0 Å². The lowest BCUT2D eigenvalue weighted by molar-refractivity contribution is -0.130. The van der Waals surface area contributed by atoms with Crippen molar-refractivity contribution in [1.82, 2.24) is 0 Å². The summed E-state index contributed by atoms with van der Waals surface area (Å²) in [5.41, 5.74) is 2.70. The average molecular weight is 298 g/mol. The molecule has 0 amide bonds. The van der Waals surface area contributed by atoms with Crippen molar-refractivity contribution in [3.8, 4) is 11.5 Å². The van der Waals surface area contributed by atoms with Crippen molar-refractivity contribution in [1.29, 1.82) is 0 Å². The second-order valence-corrected chi connectivity index (χ2v) is 4.84. The molecule has 0 saturated heterocycles. The topological polar surface area (TPSA) is 55.8 Å². The second kappa shape index (κ2) is 6.80. The van der Waals surface area contributed by atoms with Crippen LogP contribution in [0.15, 0.2) is 42.5 Å². The Morgan fingerprint density at radius 3 is 2.18 bits per heavy atom. The number of ether oxygens (including phenoxy) is 2. The number of methoxy groups -OCH3 is 2. The summed E-state index contributed by atoms with van der Waals surface area (Å²) in [6.45, 7) is 1.96. The van der Waals surface area contributed by atoms with Crippen LogP contribution >= 0.6 is 0 Å². The van der Waals surface area contributed by atoms with Crippen LogP contribution in [-0.4, -0.2) is 25.3 Å². The van der Waals surface area contributed by atoms with E-state index in [1.807, 2.05) is 19.1 Å². The molecule has 0 aliphatic carbocycles. The molecule has 2 rings (SSSR count). The summed E-state index contributed by atoms with van der Waals surface area (Å²) in [4.78, 5) is 11.5. The number of hydrogen-bond acceptors (Lipinski definition) is 3. The van der Waals surface area contributed by atoms with Crippen molar-refractivity contribution in [2.45, 2.75) is 6.92 Å². The molecule has 0 saturated carbocycles. The fourth-order valence-corrected chi connectivity index (χ4v) is 2.11. The zero-order chi connectivity index (χ0) is 16.1. The molecule has 4 heteroatoms. The van der Waals surface area contributed by atoms with Crippen molar-refractivity contribution in [2.24, 2.45) is 0 Å². The summed E-state index contributed by atoms with van der Waals surface area (Å²) in [5.74, 6) is 0.190. The number of aliphatic carboxylic acids is 1. The summed E-state index contributed by atoms with van der Waals surface area (Å²) in [7, 11) is 3.10. The van der Waals surface area contributed by atoms with E-state index in [1.165, 1.54) is 0 Å². The van der Waals surface area contributed by atoms with E-state index in [2.05, 4.69) is 0 Å². The summed E-state index contributed by atoms with van der Waals surface area (Å²) < 4.78 is 10.4. The molecule has 1 N–H and O–H groups in total. The highest BCUT2D eigenvalue weighted by Gasteiger charge is 2.11. The van der Waals surface area contributed by atoms with Gasteiger partial charge in [-0.05, 0) is 36.3 Å². The Morgan fingerprint density at radius 2 is 1.64 bits per heavy atom. The largest absolute Gasteiger partial charge is 0.493 e. The van der Waals surface area contributed by atoms with Gasteiger partial charge in [-0.2, -0.15) is 0 Å². The minimum atomic E-state index is -0.973. The van der Waals surface area contributed by atoms with Crippen molar-refractivity contribution < 1.29 is 19.4 Å². The lowest BCUT2D eigenvalue weighted by Crippen LogP contribution is -2.00. The number of benzene rings is 2. The van der Waals surface area contributed by atoms with Crippen molar-refractivity contribution in [3.05, 3.63) is 59.2 Å². The minimum Gasteiger partial charge on any atom is -0.493 e. The highest BCUT2D eigenvalue weighted by Crippen LogP contribution is 2.29. The highest BCUT2D eigenvalue weighted by atomic mass is 16.5. The maximum Gasteiger partial charge on any atom is 0.336 e. The van der Waals surface area contributed by atoms with Gasteiger partial charge in [0.05, 0.1) is 19.8 Å². The van der Waals surface area contributed by atoms with E-state index >= 15 is 0 Å². The summed E-state index contributed by atoms with van der Waals surface area (Å²) >= 11 is 0. The quantitative estimate of drug-likeness (QED) is 0.676. The fourth-order valence-electron chi connectivity index (χ4n) is 2.11. The number of hydrogen-bond donors (Lipinski definition) is 1. The van der Waals surface area contributed by atoms with Crippen molar-refractivity contribution in [3.63, 3.8) is 0 Å². The molecule has 0 heterocycles. The number of carbonyl (C=O) groups is 1. The first-order valence-corrected chi connectivity index (χ1v) is 6.79. The minimum absolute atomic E-state index is 0.229. The molecule has 0 unspecified atom stereocenters. The van der Waals surface area contributed by atoms with Gasteiger partial charge in [-0.1, -0.05) is 35.9 Å². The first-order chi connectivity index (χ1) is 10.5. The number of carboxylic acid groups (broad SMARTS) is 1. The third-order valence-electron chi connectivity index (χ3n) is 3.31. The summed E-state index contributed by atoms with van der Waals surface area (Å²) in [6, 6.07) is 12.7. The molecule has 114 valence electrons. The van der Waals surface area contributed by atoms with E-state index in [1.54, 1.807) is 50.6 Å². The monoisotopic (exact) mass is 298 g/mol. The Hall–Kier alpha value is -2.75. The summed E-state index contributed by atoms with van der Waals surface area (Å²) in [5, 5.41) is 9.46. The molecular formula is C18H18O4. The van der Waals surface area contributed by atoms with E-state index in [4.69, 9.17) is 9.47 Å². The van der Waals surface area contributed by atoms with Crippen LogP contribution in [0.25, 0.3) is 11.6 Å². The Morgan fingerprint density at radius 1 is 1.00 bits per heavy atom. The predicted octanol–water partition coefficient (Wildman–Crippen LogP) is 3.64. The predicted molar refractivity (Wildman–Crippen MR) is 86.2 cm³/mol. The summed E-state index contributed by atoms with van der Waals surface area (Å²) in [6.07, 6.45) is 1.62. The van der Waals surface area contributed by atoms with Gasteiger partial charge in [0.1, 0.15) is 0 Å². The van der Waals surface area contributed by atoms with E-state index in [9.17, 15) is 9.90 Å². The SMILES string of the molecule is COc1ccc(/C=C(/C(=O)O)c2ccc(C)cc2)cc1OC. The third-order valence-corrected chi connectivity index (χ3v) is 3.31. The lowest BCUT2D eigenvalue weighted by atomic mass is 10.0. The molecule has 0 atom stereocenters. The van der Waals surface area contributed by atoms with Crippen molar-refractivity contribution in [2.75, 3.05) is 14.2 Å². The van der Waals surface area contributed by atoms with Crippen LogP contribution < -0.4 is 9.47 Å². The van der Waals surface area contributed by atoms with Gasteiger partial charge >= 0.3 is 5.97 Å². The number of rotatable bonds is 5. The van der Waals surface area contributed by atoms with Crippen molar-refractivity contribution >= 4 is 17.6 Å². The van der Waals surface area contributed by atoms with E-state index in [0.29, 0.717) is 17.1 Å². The van der Waals surface area contributed by atoms with Gasteiger partial charge in [0, 0.05) is 0 Å². The van der Waals surface area contributed by atoms with Crippen LogP contribution in [0.2, 0.25) is 0 Å². The van der Waals surface area contributed by atoms with E-state index in [-0.39, 0.29) is 5.57 Å². The van der Waals surface area contributed by atoms with Gasteiger partial charge in [-0.15, -0.1) is 0 Å². The molecular weight excluding hydrogens is 280 g/mol. The first kappa shape index (κ1) is 15.6. The van der Waals surface area contributed by atoms with Crippen LogP contribution in [0.1, 0.15) is 16.7 Å². The van der Waals surface area contributed by atoms with Crippen LogP contribution in [0.5, 0.6) is 11.5 Å². The number of aryl methyl sites for hydroxylation is 1. The van der Waals surface area contributed by atoms with E-state index < -0.39 is 5.97 Å². The standard InChI is InChI=1S/C18H18O4/c1-12-4-7-14(8-5-12)15(18(19)20)10-13-6-9-16(21-2)17(11-13)22-3/h4-11H,1-3H3,(H,19,20)/b15-10+. The zero-order valence-corrected chi connectivity index (χ0v) is 12.8. The molecule has 0 aliphatic rings. The van der Waals surface area contributed by atoms with Gasteiger partial charge in [0.15, 0.2) is 11.5 Å². The van der Waals surface area contributed by atoms with Gasteiger partial charge in [0.25, 0.3) is 0 Å². The molecule has 22 heavy (non-hydrogen) atoms. The lowest BCUT2D eigenvalue weighted by Gasteiger charge is -2.09. The Balaban J connectivity index is 2.46. The highest BCUT2D eigenvalue weighted by molar-refractivity contribution is 6.20. The van der Waals surface area contributed by atoms with Crippen LogP contribution in [0, 0.1) is 6.92 Å². The van der Waals surface area contributed by atoms with Gasteiger partial charge < -0.3 is 14.6 Å². The molecule has 0 fully saturated rings. The third kappa shape index (κ3) is 3.47. The maximum absolute atomic E-state index is 11.5.